The Hall–Kier alpha value is -7.11. The Morgan fingerprint density at radius 1 is 0.385 bits per heavy atom. The highest BCUT2D eigenvalue weighted by atomic mass is 16.3. The Morgan fingerprint density at radius 2 is 0.923 bits per heavy atom. The first-order valence-electron chi connectivity index (χ1n) is 17.5. The molecule has 0 N–H and O–H groups in total. The monoisotopic (exact) mass is 664 g/mol. The van der Waals surface area contributed by atoms with E-state index in [-0.39, 0.29) is 0 Å². The second-order valence-corrected chi connectivity index (χ2v) is 13.2. The Morgan fingerprint density at radius 3 is 1.63 bits per heavy atom. The number of nitrogens with zero attached hydrogens (tertiary/aromatic N) is 4. The summed E-state index contributed by atoms with van der Waals surface area (Å²) in [6, 6.07) is 59.1. The van der Waals surface area contributed by atoms with Gasteiger partial charge in [0.2, 0.25) is 0 Å². The van der Waals surface area contributed by atoms with E-state index in [0.29, 0.717) is 17.5 Å². The van der Waals surface area contributed by atoms with Crippen molar-refractivity contribution in [2.45, 2.75) is 0 Å². The van der Waals surface area contributed by atoms with Crippen LogP contribution in [0.1, 0.15) is 0 Å². The van der Waals surface area contributed by atoms with Gasteiger partial charge in [-0.25, -0.2) is 15.0 Å². The maximum atomic E-state index is 6.54. The quantitative estimate of drug-likeness (QED) is 0.184. The maximum Gasteiger partial charge on any atom is 0.164 e. The topological polar surface area (TPSA) is 56.2 Å². The summed E-state index contributed by atoms with van der Waals surface area (Å²) in [5.74, 6) is 1.89. The van der Waals surface area contributed by atoms with E-state index in [9.17, 15) is 0 Å². The van der Waals surface area contributed by atoms with Crippen LogP contribution in [-0.4, -0.2) is 19.4 Å². The van der Waals surface area contributed by atoms with Gasteiger partial charge in [-0.1, -0.05) is 140 Å². The fraction of sp³-hybridized carbons (Fsp3) is 0. The van der Waals surface area contributed by atoms with Crippen LogP contribution in [0.3, 0.4) is 0 Å². The first kappa shape index (κ1) is 28.7. The van der Waals surface area contributed by atoms with Crippen molar-refractivity contribution in [2.75, 3.05) is 0 Å². The molecule has 0 spiro atoms. The largest absolute Gasteiger partial charge is 0.456 e. The zero-order chi connectivity index (χ0) is 34.2. The zero-order valence-corrected chi connectivity index (χ0v) is 27.9. The minimum absolute atomic E-state index is 0.620. The van der Waals surface area contributed by atoms with Crippen molar-refractivity contribution < 1.29 is 4.42 Å². The van der Waals surface area contributed by atoms with Crippen molar-refractivity contribution in [3.63, 3.8) is 0 Å². The molecule has 242 valence electrons. The van der Waals surface area contributed by atoms with Gasteiger partial charge in [-0.3, -0.25) is 0 Å². The van der Waals surface area contributed by atoms with E-state index < -0.39 is 0 Å². The molecule has 0 saturated carbocycles. The van der Waals surface area contributed by atoms with Crippen LogP contribution in [0.2, 0.25) is 0 Å². The zero-order valence-electron chi connectivity index (χ0n) is 27.9. The first-order chi connectivity index (χ1) is 25.8. The van der Waals surface area contributed by atoms with Crippen LogP contribution in [0.4, 0.5) is 0 Å². The molecular formula is C47H28N4O. The predicted molar refractivity (Wildman–Crippen MR) is 211 cm³/mol. The van der Waals surface area contributed by atoms with Crippen molar-refractivity contribution in [1.29, 1.82) is 0 Å². The summed E-state index contributed by atoms with van der Waals surface area (Å²) in [4.78, 5) is 15.1. The van der Waals surface area contributed by atoms with Crippen LogP contribution in [-0.2, 0) is 0 Å². The highest BCUT2D eigenvalue weighted by Crippen LogP contribution is 2.48. The van der Waals surface area contributed by atoms with E-state index in [0.717, 1.165) is 66.5 Å². The number of fused-ring (bicyclic) bond motifs is 3. The number of rotatable bonds is 5. The van der Waals surface area contributed by atoms with E-state index in [1.165, 1.54) is 21.7 Å². The van der Waals surface area contributed by atoms with E-state index in [4.69, 9.17) is 19.4 Å². The maximum absolute atomic E-state index is 6.54. The summed E-state index contributed by atoms with van der Waals surface area (Å²) in [7, 11) is 0. The summed E-state index contributed by atoms with van der Waals surface area (Å²) >= 11 is 0. The van der Waals surface area contributed by atoms with E-state index in [1.54, 1.807) is 0 Å². The van der Waals surface area contributed by atoms with Crippen LogP contribution < -0.4 is 0 Å². The first-order valence-corrected chi connectivity index (χ1v) is 17.5. The van der Waals surface area contributed by atoms with Crippen molar-refractivity contribution >= 4 is 49.1 Å². The molecule has 0 saturated heterocycles. The summed E-state index contributed by atoms with van der Waals surface area (Å²) in [5.41, 5.74) is 11.3. The molecule has 5 nitrogen and oxygen atoms in total. The van der Waals surface area contributed by atoms with Crippen LogP contribution in [0.15, 0.2) is 174 Å². The molecule has 0 aliphatic carbocycles. The van der Waals surface area contributed by atoms with Gasteiger partial charge in [0.25, 0.3) is 0 Å². The van der Waals surface area contributed by atoms with Gasteiger partial charge in [0.05, 0.1) is 22.1 Å². The highest BCUT2D eigenvalue weighted by molar-refractivity contribution is 6.30. The van der Waals surface area contributed by atoms with Crippen LogP contribution >= 0.6 is 0 Å². The third-order valence-electron chi connectivity index (χ3n) is 10.2. The molecule has 0 amide bonds. The van der Waals surface area contributed by atoms with E-state index in [2.05, 4.69) is 114 Å². The van der Waals surface area contributed by atoms with Crippen LogP contribution in [0.5, 0.6) is 0 Å². The summed E-state index contributed by atoms with van der Waals surface area (Å²) in [6.45, 7) is 0. The number of aromatic nitrogens is 4. The third-order valence-corrected chi connectivity index (χ3v) is 10.2. The van der Waals surface area contributed by atoms with Crippen LogP contribution in [0.25, 0.3) is 106 Å². The Labute approximate surface area is 298 Å². The van der Waals surface area contributed by atoms with Gasteiger partial charge >= 0.3 is 0 Å². The van der Waals surface area contributed by atoms with Gasteiger partial charge in [-0.05, 0) is 46.8 Å². The third kappa shape index (κ3) is 4.26. The van der Waals surface area contributed by atoms with Crippen LogP contribution in [0, 0.1) is 0 Å². The fourth-order valence-electron chi connectivity index (χ4n) is 7.95. The number of hydrogen-bond acceptors (Lipinski definition) is 4. The second-order valence-electron chi connectivity index (χ2n) is 13.2. The standard InChI is InChI=1S/C47H28N4O/c1-4-14-29(15-5-1)40-36-26-27-39-42-41-35(23-13-25-38(41)52-39)34-22-10-11-24-37(34)51(44(36)42)43(40)32-20-12-21-33(28-32)47-49-45(30-16-6-2-7-17-30)48-46(50-47)31-18-8-3-9-19-31/h1-28H. The van der Waals surface area contributed by atoms with Crippen molar-refractivity contribution in [1.82, 2.24) is 19.4 Å². The van der Waals surface area contributed by atoms with Gasteiger partial charge < -0.3 is 8.82 Å². The Balaban J connectivity index is 1.26. The number of benzene rings is 7. The van der Waals surface area contributed by atoms with E-state index in [1.807, 2.05) is 60.7 Å². The van der Waals surface area contributed by atoms with E-state index >= 15 is 0 Å². The second kappa shape index (κ2) is 11.2. The Kier molecular flexibility index (Phi) is 6.18. The lowest BCUT2D eigenvalue weighted by atomic mass is 9.96. The van der Waals surface area contributed by atoms with Gasteiger partial charge in [0.15, 0.2) is 17.5 Å². The Bertz CT molecular complexity index is 3050. The van der Waals surface area contributed by atoms with Crippen molar-refractivity contribution in [3.8, 4) is 56.5 Å². The molecule has 0 atom stereocenters. The lowest BCUT2D eigenvalue weighted by Gasteiger charge is -2.12. The highest BCUT2D eigenvalue weighted by Gasteiger charge is 2.26. The number of hydrogen-bond donors (Lipinski definition) is 0. The average molecular weight is 665 g/mol. The minimum Gasteiger partial charge on any atom is -0.456 e. The molecule has 0 unspecified atom stereocenters. The van der Waals surface area contributed by atoms with Crippen molar-refractivity contribution in [3.05, 3.63) is 170 Å². The molecule has 4 heterocycles. The molecule has 5 heteroatoms. The lowest BCUT2D eigenvalue weighted by molar-refractivity contribution is 0.669. The molecular weight excluding hydrogens is 637 g/mol. The fourth-order valence-corrected chi connectivity index (χ4v) is 7.95. The molecule has 0 bridgehead atoms. The predicted octanol–water partition coefficient (Wildman–Crippen LogP) is 12.1. The van der Waals surface area contributed by atoms with Gasteiger partial charge in [0, 0.05) is 38.4 Å². The van der Waals surface area contributed by atoms with Gasteiger partial charge in [-0.2, -0.15) is 0 Å². The van der Waals surface area contributed by atoms with Crippen molar-refractivity contribution in [2.24, 2.45) is 0 Å². The molecule has 11 rings (SSSR count). The smallest absolute Gasteiger partial charge is 0.164 e. The SMILES string of the molecule is c1ccc(-c2nc(-c3ccccc3)nc(-c3cccc(-c4c(-c5ccccc5)c5ccc6oc7cccc8c9ccccc9n4c5c6c78)c3)n2)cc1. The molecule has 7 aromatic carbocycles. The molecule has 4 aromatic heterocycles. The summed E-state index contributed by atoms with van der Waals surface area (Å²) < 4.78 is 9.00. The summed E-state index contributed by atoms with van der Waals surface area (Å²) in [6.07, 6.45) is 0. The molecule has 11 aromatic rings. The lowest BCUT2D eigenvalue weighted by Crippen LogP contribution is -2.00. The minimum atomic E-state index is 0.620. The number of para-hydroxylation sites is 1. The average Bonchev–Trinajstić information content (AvgIpc) is 3.74. The summed E-state index contributed by atoms with van der Waals surface area (Å²) in [5, 5.41) is 5.80. The molecule has 0 fully saturated rings. The van der Waals surface area contributed by atoms with Gasteiger partial charge in [0.1, 0.15) is 11.2 Å². The van der Waals surface area contributed by atoms with Gasteiger partial charge in [-0.15, -0.1) is 0 Å². The normalized spacial score (nSPS) is 11.8. The molecule has 52 heavy (non-hydrogen) atoms. The molecule has 0 aliphatic rings. The molecule has 0 aliphatic heterocycles. The molecule has 0 radical (unpaired) electrons. The number of furan rings is 1.